The lowest BCUT2D eigenvalue weighted by atomic mass is 10.1. The molecule has 0 bridgehead atoms. The van der Waals surface area contributed by atoms with Gasteiger partial charge in [-0.25, -0.2) is 17.9 Å². The van der Waals surface area contributed by atoms with Crippen molar-refractivity contribution in [1.82, 2.24) is 5.32 Å². The fraction of sp³-hybridized carbons (Fsp3) is 0.182. The van der Waals surface area contributed by atoms with Gasteiger partial charge < -0.3 is 10.1 Å². The summed E-state index contributed by atoms with van der Waals surface area (Å²) < 4.78 is 41.9. The Morgan fingerprint density at radius 1 is 0.933 bits per heavy atom. The van der Waals surface area contributed by atoms with E-state index >= 15 is 0 Å². The quantitative estimate of drug-likeness (QED) is 0.486. The van der Waals surface area contributed by atoms with Crippen LogP contribution in [0.2, 0.25) is 0 Å². The van der Waals surface area contributed by atoms with Gasteiger partial charge in [-0.2, -0.15) is 0 Å². The van der Waals surface area contributed by atoms with E-state index in [1.54, 1.807) is 30.3 Å². The molecule has 0 atom stereocenters. The largest absolute Gasteiger partial charge is 0.489 e. The average Bonchev–Trinajstić information content (AvgIpc) is 2.71. The smallest absolute Gasteiger partial charge is 0.238 e. The lowest BCUT2D eigenvalue weighted by Crippen LogP contribution is -2.17. The van der Waals surface area contributed by atoms with E-state index in [2.05, 4.69) is 5.32 Å². The van der Waals surface area contributed by atoms with Gasteiger partial charge in [-0.3, -0.25) is 0 Å². The van der Waals surface area contributed by atoms with Gasteiger partial charge in [0, 0.05) is 12.1 Å². The molecular weight excluding hydrogens is 427 g/mol. The highest BCUT2D eigenvalue weighted by molar-refractivity contribution is 7.89. The van der Waals surface area contributed by atoms with Gasteiger partial charge in [-0.05, 0) is 54.4 Å². The van der Waals surface area contributed by atoms with E-state index in [9.17, 15) is 12.8 Å². The molecule has 0 aromatic heterocycles. The minimum absolute atomic E-state index is 0. The summed E-state index contributed by atoms with van der Waals surface area (Å²) in [7, 11) is -3.66. The van der Waals surface area contributed by atoms with Gasteiger partial charge in [0.2, 0.25) is 10.0 Å². The van der Waals surface area contributed by atoms with Gasteiger partial charge in [0.1, 0.15) is 18.2 Å². The van der Waals surface area contributed by atoms with Gasteiger partial charge >= 0.3 is 0 Å². The molecule has 160 valence electrons. The molecule has 0 aliphatic rings. The summed E-state index contributed by atoms with van der Waals surface area (Å²) in [6.45, 7) is 1.57. The Labute approximate surface area is 182 Å². The molecule has 30 heavy (non-hydrogen) atoms. The highest BCUT2D eigenvalue weighted by atomic mass is 35.5. The summed E-state index contributed by atoms with van der Waals surface area (Å²) in [4.78, 5) is 0.112. The summed E-state index contributed by atoms with van der Waals surface area (Å²) >= 11 is 0. The molecular formula is C22H24ClFN2O3S. The molecule has 0 amide bonds. The number of benzene rings is 3. The SMILES string of the molecule is Cl.NS(=O)(=O)c1ccc(CCNCc2cccc(OCc3ccccc3F)c2)cc1. The van der Waals surface area contributed by atoms with Crippen molar-refractivity contribution in [3.63, 3.8) is 0 Å². The summed E-state index contributed by atoms with van der Waals surface area (Å²) in [6, 6.07) is 20.8. The standard InChI is InChI=1S/C22H23FN2O3S.ClH/c23-22-7-2-1-5-19(22)16-28-20-6-3-4-18(14-20)15-25-13-12-17-8-10-21(11-9-17)29(24,26)27;/h1-11,14,25H,12-13,15-16H2,(H2,24,26,27);1H. The van der Waals surface area contributed by atoms with Gasteiger partial charge in [-0.15, -0.1) is 12.4 Å². The molecule has 0 fully saturated rings. The van der Waals surface area contributed by atoms with Crippen LogP contribution < -0.4 is 15.2 Å². The minimum Gasteiger partial charge on any atom is -0.489 e. The van der Waals surface area contributed by atoms with Crippen molar-refractivity contribution in [3.05, 3.63) is 95.3 Å². The first-order valence-corrected chi connectivity index (χ1v) is 10.7. The Balaban J connectivity index is 0.00000320. The maximum Gasteiger partial charge on any atom is 0.238 e. The Morgan fingerprint density at radius 3 is 2.37 bits per heavy atom. The first-order chi connectivity index (χ1) is 13.9. The fourth-order valence-electron chi connectivity index (χ4n) is 2.83. The molecule has 0 radical (unpaired) electrons. The van der Waals surface area contributed by atoms with E-state index < -0.39 is 10.0 Å². The predicted octanol–water partition coefficient (Wildman–Crippen LogP) is 3.81. The molecule has 0 aliphatic carbocycles. The monoisotopic (exact) mass is 450 g/mol. The highest BCUT2D eigenvalue weighted by Gasteiger charge is 2.06. The van der Waals surface area contributed by atoms with Crippen LogP contribution in [0.4, 0.5) is 4.39 Å². The van der Waals surface area contributed by atoms with Crippen molar-refractivity contribution in [2.45, 2.75) is 24.5 Å². The maximum atomic E-state index is 13.7. The number of sulfonamides is 1. The Kier molecular flexibility index (Phi) is 8.80. The number of hydrogen-bond donors (Lipinski definition) is 2. The molecule has 0 spiro atoms. The molecule has 0 saturated heterocycles. The average molecular weight is 451 g/mol. The number of hydrogen-bond acceptors (Lipinski definition) is 4. The zero-order valence-corrected chi connectivity index (χ0v) is 17.9. The van der Waals surface area contributed by atoms with Crippen molar-refractivity contribution in [2.24, 2.45) is 5.14 Å². The van der Waals surface area contributed by atoms with Crippen LogP contribution in [0.25, 0.3) is 0 Å². The third-order valence-electron chi connectivity index (χ3n) is 4.42. The Bertz CT molecular complexity index is 1060. The van der Waals surface area contributed by atoms with Crippen LogP contribution in [0.3, 0.4) is 0 Å². The van der Waals surface area contributed by atoms with E-state index in [1.165, 1.54) is 18.2 Å². The normalized spacial score (nSPS) is 11.0. The lowest BCUT2D eigenvalue weighted by Gasteiger charge is -2.10. The van der Waals surface area contributed by atoms with Gasteiger partial charge in [-0.1, -0.05) is 42.5 Å². The summed E-state index contributed by atoms with van der Waals surface area (Å²) in [5.41, 5.74) is 2.59. The molecule has 3 rings (SSSR count). The molecule has 8 heteroatoms. The predicted molar refractivity (Wildman–Crippen MR) is 118 cm³/mol. The summed E-state index contributed by atoms with van der Waals surface area (Å²) in [5.74, 6) is 0.411. The van der Waals surface area contributed by atoms with E-state index in [-0.39, 0.29) is 29.7 Å². The van der Waals surface area contributed by atoms with Crippen LogP contribution in [0.15, 0.2) is 77.7 Å². The molecule has 0 saturated carbocycles. The van der Waals surface area contributed by atoms with Crippen molar-refractivity contribution >= 4 is 22.4 Å². The van der Waals surface area contributed by atoms with Crippen molar-refractivity contribution in [2.75, 3.05) is 6.54 Å². The molecule has 0 unspecified atom stereocenters. The number of nitrogens with two attached hydrogens (primary N) is 1. The molecule has 0 heterocycles. The zero-order chi connectivity index (χ0) is 20.7. The van der Waals surface area contributed by atoms with E-state index in [0.717, 1.165) is 24.1 Å². The molecule has 3 aromatic rings. The van der Waals surface area contributed by atoms with Gasteiger partial charge in [0.25, 0.3) is 0 Å². The third kappa shape index (κ3) is 7.11. The summed E-state index contributed by atoms with van der Waals surface area (Å²) in [5, 5.41) is 8.44. The summed E-state index contributed by atoms with van der Waals surface area (Å²) in [6.07, 6.45) is 0.758. The van der Waals surface area contributed by atoms with E-state index in [4.69, 9.17) is 9.88 Å². The van der Waals surface area contributed by atoms with Crippen molar-refractivity contribution < 1.29 is 17.5 Å². The second kappa shape index (κ2) is 11.1. The van der Waals surface area contributed by atoms with Crippen LogP contribution in [0.5, 0.6) is 5.75 Å². The molecule has 3 N–H and O–H groups in total. The number of primary sulfonamides is 1. The highest BCUT2D eigenvalue weighted by Crippen LogP contribution is 2.16. The number of ether oxygens (including phenoxy) is 1. The second-order valence-corrected chi connectivity index (χ2v) is 8.20. The van der Waals surface area contributed by atoms with Crippen LogP contribution >= 0.6 is 12.4 Å². The molecule has 3 aromatic carbocycles. The zero-order valence-electron chi connectivity index (χ0n) is 16.3. The number of nitrogens with one attached hydrogen (secondary N) is 1. The Hall–Kier alpha value is -2.45. The van der Waals surface area contributed by atoms with Gasteiger partial charge in [0.05, 0.1) is 4.90 Å². The first-order valence-electron chi connectivity index (χ1n) is 9.19. The molecule has 5 nitrogen and oxygen atoms in total. The van der Waals surface area contributed by atoms with Crippen LogP contribution in [0, 0.1) is 5.82 Å². The van der Waals surface area contributed by atoms with Gasteiger partial charge in [0.15, 0.2) is 0 Å². The number of halogens is 2. The topological polar surface area (TPSA) is 81.4 Å². The van der Waals surface area contributed by atoms with Crippen LogP contribution in [-0.4, -0.2) is 15.0 Å². The van der Waals surface area contributed by atoms with Crippen LogP contribution in [-0.2, 0) is 29.6 Å². The molecule has 0 aliphatic heterocycles. The van der Waals surface area contributed by atoms with E-state index in [1.807, 2.05) is 24.3 Å². The van der Waals surface area contributed by atoms with Crippen molar-refractivity contribution in [1.29, 1.82) is 0 Å². The second-order valence-electron chi connectivity index (χ2n) is 6.64. The lowest BCUT2D eigenvalue weighted by molar-refractivity contribution is 0.299. The fourth-order valence-corrected chi connectivity index (χ4v) is 3.35. The Morgan fingerprint density at radius 2 is 1.67 bits per heavy atom. The minimum atomic E-state index is -3.66. The maximum absolute atomic E-state index is 13.7. The van der Waals surface area contributed by atoms with Crippen LogP contribution in [0.1, 0.15) is 16.7 Å². The third-order valence-corrected chi connectivity index (χ3v) is 5.35. The van der Waals surface area contributed by atoms with E-state index in [0.29, 0.717) is 17.9 Å². The van der Waals surface area contributed by atoms with Crippen molar-refractivity contribution in [3.8, 4) is 5.75 Å². The first kappa shape index (κ1) is 23.8. The number of rotatable bonds is 9.